The third-order valence-corrected chi connectivity index (χ3v) is 4.92. The molecule has 2 N–H and O–H groups in total. The first-order valence-electron chi connectivity index (χ1n) is 10.6. The van der Waals surface area contributed by atoms with E-state index in [1.807, 2.05) is 13.8 Å². The van der Waals surface area contributed by atoms with Crippen LogP contribution in [-0.4, -0.2) is 58.4 Å². The number of benzene rings is 2. The molecule has 3 aromatic rings. The summed E-state index contributed by atoms with van der Waals surface area (Å²) >= 11 is 0. The number of carbonyl (C=O) groups is 4. The van der Waals surface area contributed by atoms with Crippen molar-refractivity contribution < 1.29 is 38.5 Å². The Kier molecular flexibility index (Phi) is 8.29. The number of esters is 2. The smallest absolute Gasteiger partial charge is 0.349 e. The first-order valence-corrected chi connectivity index (χ1v) is 10.6. The standard InChI is InChI=1S/C25H23N3O8/c1-14-4-8-16(9-5-14)24(32)35-20(22(29)26-18-12-13-19(34-3)28-27-18)21(23(30)31)36-25(33)17-10-6-15(2)7-11-17/h4-13,20-21H,1-3H3,(H,30,31)(H,26,27,29)/t20-,21+/m0/s1. The van der Waals surface area contributed by atoms with Crippen molar-refractivity contribution in [2.24, 2.45) is 0 Å². The van der Waals surface area contributed by atoms with Crippen LogP contribution in [0.4, 0.5) is 5.82 Å². The van der Waals surface area contributed by atoms with Crippen molar-refractivity contribution in [2.45, 2.75) is 26.1 Å². The number of anilines is 1. The number of carboxylic acid groups (broad SMARTS) is 1. The zero-order chi connectivity index (χ0) is 26.2. The van der Waals surface area contributed by atoms with Gasteiger partial charge in [-0.2, -0.15) is 0 Å². The largest absolute Gasteiger partial charge is 0.480 e. The van der Waals surface area contributed by atoms with Crippen LogP contribution in [0.5, 0.6) is 5.88 Å². The molecule has 0 aliphatic carbocycles. The van der Waals surface area contributed by atoms with E-state index in [1.165, 1.54) is 43.5 Å². The summed E-state index contributed by atoms with van der Waals surface area (Å²) in [6, 6.07) is 15.1. The van der Waals surface area contributed by atoms with Gasteiger partial charge in [0.15, 0.2) is 5.82 Å². The number of methoxy groups -OCH3 is 1. The molecule has 2 aromatic carbocycles. The molecule has 0 bridgehead atoms. The first-order chi connectivity index (χ1) is 17.2. The molecule has 0 radical (unpaired) electrons. The Morgan fingerprint density at radius 1 is 0.750 bits per heavy atom. The van der Waals surface area contributed by atoms with Gasteiger partial charge in [0, 0.05) is 6.07 Å². The van der Waals surface area contributed by atoms with Crippen LogP contribution in [0.25, 0.3) is 0 Å². The minimum Gasteiger partial charge on any atom is -0.480 e. The number of carboxylic acids is 1. The maximum absolute atomic E-state index is 13.1. The highest BCUT2D eigenvalue weighted by Gasteiger charge is 2.41. The van der Waals surface area contributed by atoms with Gasteiger partial charge >= 0.3 is 17.9 Å². The lowest BCUT2D eigenvalue weighted by atomic mass is 10.1. The molecule has 11 heteroatoms. The van der Waals surface area contributed by atoms with Crippen molar-refractivity contribution in [1.82, 2.24) is 10.2 Å². The lowest BCUT2D eigenvalue weighted by molar-refractivity contribution is -0.157. The van der Waals surface area contributed by atoms with Gasteiger partial charge in [0.25, 0.3) is 5.91 Å². The van der Waals surface area contributed by atoms with Crippen molar-refractivity contribution >= 4 is 29.6 Å². The van der Waals surface area contributed by atoms with Crippen molar-refractivity contribution in [2.75, 3.05) is 12.4 Å². The lowest BCUT2D eigenvalue weighted by Crippen LogP contribution is -2.48. The van der Waals surface area contributed by atoms with Crippen molar-refractivity contribution in [1.29, 1.82) is 0 Å². The number of nitrogens with one attached hydrogen (secondary N) is 1. The predicted molar refractivity (Wildman–Crippen MR) is 126 cm³/mol. The van der Waals surface area contributed by atoms with Crippen LogP contribution in [0.1, 0.15) is 31.8 Å². The minimum atomic E-state index is -2.17. The zero-order valence-electron chi connectivity index (χ0n) is 19.6. The second-order valence-electron chi connectivity index (χ2n) is 7.67. The average molecular weight is 493 g/mol. The number of amides is 1. The van der Waals surface area contributed by atoms with Gasteiger partial charge in [0.05, 0.1) is 18.2 Å². The summed E-state index contributed by atoms with van der Waals surface area (Å²) in [5.41, 5.74) is 1.86. The third kappa shape index (κ3) is 6.63. The van der Waals surface area contributed by atoms with Crippen molar-refractivity contribution in [3.8, 4) is 5.88 Å². The molecule has 0 saturated carbocycles. The van der Waals surface area contributed by atoms with Gasteiger partial charge in [0.2, 0.25) is 18.1 Å². The molecule has 36 heavy (non-hydrogen) atoms. The fourth-order valence-corrected chi connectivity index (χ4v) is 2.93. The van der Waals surface area contributed by atoms with E-state index >= 15 is 0 Å². The van der Waals surface area contributed by atoms with E-state index in [1.54, 1.807) is 24.3 Å². The highest BCUT2D eigenvalue weighted by atomic mass is 16.6. The van der Waals surface area contributed by atoms with Gasteiger partial charge in [-0.25, -0.2) is 14.4 Å². The average Bonchev–Trinajstić information content (AvgIpc) is 2.87. The predicted octanol–water partition coefficient (Wildman–Crippen LogP) is 2.58. The first kappa shape index (κ1) is 25.8. The van der Waals surface area contributed by atoms with Crippen LogP contribution in [0.2, 0.25) is 0 Å². The van der Waals surface area contributed by atoms with Crippen LogP contribution >= 0.6 is 0 Å². The SMILES string of the molecule is COc1ccc(NC(=O)[C@@H](OC(=O)c2ccc(C)cc2)[C@@H](OC(=O)c2ccc(C)cc2)C(=O)O)nn1. The highest BCUT2D eigenvalue weighted by Crippen LogP contribution is 2.16. The minimum absolute atomic E-state index is 0.0527. The quantitative estimate of drug-likeness (QED) is 0.425. The fourth-order valence-electron chi connectivity index (χ4n) is 2.93. The Hall–Kier alpha value is -4.80. The number of aromatic nitrogens is 2. The van der Waals surface area contributed by atoms with E-state index in [9.17, 15) is 24.3 Å². The molecule has 1 amide bonds. The van der Waals surface area contributed by atoms with E-state index in [4.69, 9.17) is 14.2 Å². The second kappa shape index (κ2) is 11.6. The van der Waals surface area contributed by atoms with Crippen molar-refractivity contribution in [3.05, 3.63) is 82.9 Å². The molecule has 3 rings (SSSR count). The van der Waals surface area contributed by atoms with Crippen LogP contribution in [0.15, 0.2) is 60.7 Å². The summed E-state index contributed by atoms with van der Waals surface area (Å²) in [6.45, 7) is 3.62. The number of hydrogen-bond acceptors (Lipinski definition) is 9. The Morgan fingerprint density at radius 2 is 1.25 bits per heavy atom. The normalized spacial score (nSPS) is 12.1. The number of nitrogens with zero attached hydrogens (tertiary/aromatic N) is 2. The number of carbonyl (C=O) groups excluding carboxylic acids is 3. The van der Waals surface area contributed by atoms with Gasteiger partial charge in [-0.15, -0.1) is 10.2 Å². The number of aryl methyl sites for hydroxylation is 2. The summed E-state index contributed by atoms with van der Waals surface area (Å²) in [5.74, 6) is -4.71. The molecule has 186 valence electrons. The van der Waals surface area contributed by atoms with Gasteiger partial charge in [-0.05, 0) is 44.2 Å². The van der Waals surface area contributed by atoms with Crippen molar-refractivity contribution in [3.63, 3.8) is 0 Å². The molecular weight excluding hydrogens is 470 g/mol. The zero-order valence-corrected chi connectivity index (χ0v) is 19.6. The summed E-state index contributed by atoms with van der Waals surface area (Å²) in [5, 5.41) is 19.6. The van der Waals surface area contributed by atoms with E-state index in [-0.39, 0.29) is 22.8 Å². The van der Waals surface area contributed by atoms with Gasteiger partial charge in [-0.3, -0.25) is 4.79 Å². The highest BCUT2D eigenvalue weighted by molar-refractivity contribution is 6.01. The Balaban J connectivity index is 1.89. The summed E-state index contributed by atoms with van der Waals surface area (Å²) in [4.78, 5) is 50.5. The number of aliphatic carboxylic acids is 1. The van der Waals surface area contributed by atoms with Crippen LogP contribution in [0, 0.1) is 13.8 Å². The molecule has 0 spiro atoms. The molecule has 0 saturated heterocycles. The van der Waals surface area contributed by atoms with Crippen LogP contribution < -0.4 is 10.1 Å². The van der Waals surface area contributed by atoms with E-state index in [0.717, 1.165) is 11.1 Å². The van der Waals surface area contributed by atoms with E-state index in [0.29, 0.717) is 0 Å². The monoisotopic (exact) mass is 493 g/mol. The van der Waals surface area contributed by atoms with Gasteiger partial charge < -0.3 is 24.6 Å². The Labute approximate surface area is 206 Å². The maximum atomic E-state index is 13.1. The van der Waals surface area contributed by atoms with E-state index in [2.05, 4.69) is 15.5 Å². The molecule has 1 heterocycles. The summed E-state index contributed by atoms with van der Waals surface area (Å²) in [6.07, 6.45) is -4.23. The fraction of sp³-hybridized carbons (Fsp3) is 0.200. The lowest BCUT2D eigenvalue weighted by Gasteiger charge is -2.23. The molecule has 0 fully saturated rings. The second-order valence-corrected chi connectivity index (χ2v) is 7.67. The van der Waals surface area contributed by atoms with Crippen LogP contribution in [0.3, 0.4) is 0 Å². The van der Waals surface area contributed by atoms with Gasteiger partial charge in [0.1, 0.15) is 0 Å². The van der Waals surface area contributed by atoms with Gasteiger partial charge in [-0.1, -0.05) is 35.4 Å². The summed E-state index contributed by atoms with van der Waals surface area (Å²) < 4.78 is 15.3. The number of rotatable bonds is 9. The molecule has 1 aromatic heterocycles. The maximum Gasteiger partial charge on any atom is 0.349 e. The third-order valence-electron chi connectivity index (χ3n) is 4.92. The van der Waals surface area contributed by atoms with Crippen LogP contribution in [-0.2, 0) is 19.1 Å². The molecular formula is C25H23N3O8. The molecule has 0 aliphatic heterocycles. The Bertz CT molecular complexity index is 1240. The molecule has 0 unspecified atom stereocenters. The summed E-state index contributed by atoms with van der Waals surface area (Å²) in [7, 11) is 1.38. The van der Waals surface area contributed by atoms with E-state index < -0.39 is 36.0 Å². The molecule has 11 nitrogen and oxygen atoms in total. The molecule has 2 atom stereocenters. The topological polar surface area (TPSA) is 154 Å². The number of ether oxygens (including phenoxy) is 3. The molecule has 0 aliphatic rings. The Morgan fingerprint density at radius 3 is 1.67 bits per heavy atom. The number of hydrogen-bond donors (Lipinski definition) is 2.